The van der Waals surface area contributed by atoms with E-state index in [1.807, 2.05) is 4.90 Å². The average molecular weight is 350 g/mol. The second-order valence-electron chi connectivity index (χ2n) is 5.96. The summed E-state index contributed by atoms with van der Waals surface area (Å²) >= 11 is 5.98. The highest BCUT2D eigenvalue weighted by Crippen LogP contribution is 2.22. The molecule has 0 radical (unpaired) electrons. The van der Waals surface area contributed by atoms with Gasteiger partial charge in [0.2, 0.25) is 0 Å². The first-order valence-corrected chi connectivity index (χ1v) is 8.58. The minimum Gasteiger partial charge on any atom is -0.465 e. The summed E-state index contributed by atoms with van der Waals surface area (Å²) in [4.78, 5) is 26.9. The van der Waals surface area contributed by atoms with E-state index in [9.17, 15) is 9.59 Å². The summed E-state index contributed by atoms with van der Waals surface area (Å²) in [6.45, 7) is 3.29. The van der Waals surface area contributed by atoms with E-state index in [2.05, 4.69) is 0 Å². The molecule has 24 heavy (non-hydrogen) atoms. The Hall–Kier alpha value is -1.85. The van der Waals surface area contributed by atoms with E-state index in [1.165, 1.54) is 6.26 Å². The molecule has 1 aliphatic heterocycles. The van der Waals surface area contributed by atoms with Gasteiger partial charge in [0.15, 0.2) is 5.43 Å². The molecule has 0 N–H and O–H groups in total. The van der Waals surface area contributed by atoms with Gasteiger partial charge in [0, 0.05) is 17.1 Å². The minimum atomic E-state index is -0.298. The molecule has 1 aliphatic rings. The van der Waals surface area contributed by atoms with Crippen LogP contribution in [-0.4, -0.2) is 30.1 Å². The van der Waals surface area contributed by atoms with Crippen LogP contribution in [0.3, 0.4) is 0 Å². The van der Waals surface area contributed by atoms with Gasteiger partial charge in [0.1, 0.15) is 11.6 Å². The standard InChI is InChI=1S/C18H20ClNO4/c1-2-23-18(22)15-5-3-4-8-20(15)10-12-11-24-16-7-6-13(19)9-14(16)17(12)21/h6-7,9,11,15H,2-5,8,10H2,1H3/t15-/m0/s1. The molecule has 2 aromatic rings. The summed E-state index contributed by atoms with van der Waals surface area (Å²) in [5.41, 5.74) is 0.932. The van der Waals surface area contributed by atoms with Gasteiger partial charge < -0.3 is 9.15 Å². The monoisotopic (exact) mass is 349 g/mol. The Kier molecular flexibility index (Phi) is 5.21. The van der Waals surface area contributed by atoms with Crippen LogP contribution in [0.15, 0.2) is 33.7 Å². The summed E-state index contributed by atoms with van der Waals surface area (Å²) in [6, 6.07) is 4.69. The maximum Gasteiger partial charge on any atom is 0.323 e. The Labute approximate surface area is 145 Å². The number of fused-ring (bicyclic) bond motifs is 1. The molecular weight excluding hydrogens is 330 g/mol. The summed E-state index contributed by atoms with van der Waals surface area (Å²) in [6.07, 6.45) is 4.22. The van der Waals surface area contributed by atoms with Gasteiger partial charge in [-0.25, -0.2) is 0 Å². The van der Waals surface area contributed by atoms with Crippen molar-refractivity contribution in [2.45, 2.75) is 38.8 Å². The molecule has 2 heterocycles. The number of hydrogen-bond donors (Lipinski definition) is 0. The lowest BCUT2D eigenvalue weighted by Gasteiger charge is -2.33. The van der Waals surface area contributed by atoms with Crippen molar-refractivity contribution in [2.24, 2.45) is 0 Å². The highest BCUT2D eigenvalue weighted by atomic mass is 35.5. The Bertz CT molecular complexity index is 801. The molecule has 3 rings (SSSR count). The summed E-state index contributed by atoms with van der Waals surface area (Å²) in [5.74, 6) is -0.217. The lowest BCUT2D eigenvalue weighted by molar-refractivity contribution is -0.151. The van der Waals surface area contributed by atoms with E-state index in [4.69, 9.17) is 20.8 Å². The van der Waals surface area contributed by atoms with E-state index < -0.39 is 0 Å². The Balaban J connectivity index is 1.89. The third kappa shape index (κ3) is 3.47. The molecule has 1 saturated heterocycles. The molecule has 1 aromatic heterocycles. The van der Waals surface area contributed by atoms with Crippen LogP contribution >= 0.6 is 11.6 Å². The molecule has 0 bridgehead atoms. The molecule has 1 fully saturated rings. The zero-order valence-corrected chi connectivity index (χ0v) is 14.3. The smallest absolute Gasteiger partial charge is 0.323 e. The van der Waals surface area contributed by atoms with Crippen molar-refractivity contribution in [1.82, 2.24) is 4.90 Å². The second-order valence-corrected chi connectivity index (χ2v) is 6.40. The van der Waals surface area contributed by atoms with Gasteiger partial charge in [0.25, 0.3) is 0 Å². The van der Waals surface area contributed by atoms with Crippen molar-refractivity contribution < 1.29 is 13.9 Å². The van der Waals surface area contributed by atoms with Gasteiger partial charge in [-0.05, 0) is 44.5 Å². The molecule has 0 aliphatic carbocycles. The quantitative estimate of drug-likeness (QED) is 0.792. The molecule has 0 saturated carbocycles. The summed E-state index contributed by atoms with van der Waals surface area (Å²) in [7, 11) is 0. The third-order valence-corrected chi connectivity index (χ3v) is 4.59. The van der Waals surface area contributed by atoms with E-state index in [0.717, 1.165) is 25.8 Å². The van der Waals surface area contributed by atoms with Crippen molar-refractivity contribution in [1.29, 1.82) is 0 Å². The van der Waals surface area contributed by atoms with Gasteiger partial charge in [-0.1, -0.05) is 18.0 Å². The van der Waals surface area contributed by atoms with Crippen molar-refractivity contribution in [3.63, 3.8) is 0 Å². The van der Waals surface area contributed by atoms with Crippen LogP contribution in [0, 0.1) is 0 Å². The Morgan fingerprint density at radius 1 is 1.42 bits per heavy atom. The number of rotatable bonds is 4. The molecule has 1 aromatic carbocycles. The molecule has 0 amide bonds. The van der Waals surface area contributed by atoms with E-state index in [1.54, 1.807) is 25.1 Å². The molecule has 5 nitrogen and oxygen atoms in total. The van der Waals surface area contributed by atoms with Crippen LogP contribution in [-0.2, 0) is 16.1 Å². The van der Waals surface area contributed by atoms with E-state index in [0.29, 0.717) is 34.7 Å². The number of halogens is 1. The van der Waals surface area contributed by atoms with Crippen LogP contribution in [0.1, 0.15) is 31.7 Å². The van der Waals surface area contributed by atoms with Gasteiger partial charge >= 0.3 is 5.97 Å². The van der Waals surface area contributed by atoms with Crippen LogP contribution in [0.2, 0.25) is 5.02 Å². The van der Waals surface area contributed by atoms with Crippen molar-refractivity contribution >= 4 is 28.5 Å². The molecule has 0 unspecified atom stereocenters. The number of carbonyl (C=O) groups is 1. The van der Waals surface area contributed by atoms with E-state index >= 15 is 0 Å². The molecule has 128 valence electrons. The summed E-state index contributed by atoms with van der Waals surface area (Å²) < 4.78 is 10.7. The second kappa shape index (κ2) is 7.36. The maximum absolute atomic E-state index is 12.7. The number of likely N-dealkylation sites (tertiary alicyclic amines) is 1. The van der Waals surface area contributed by atoms with Gasteiger partial charge in [-0.3, -0.25) is 14.5 Å². The predicted octanol–water partition coefficient (Wildman–Crippen LogP) is 3.36. The molecule has 1 atom stereocenters. The normalized spacial score (nSPS) is 18.7. The number of nitrogens with zero attached hydrogens (tertiary/aromatic N) is 1. The van der Waals surface area contributed by atoms with Gasteiger partial charge in [0.05, 0.1) is 18.3 Å². The average Bonchev–Trinajstić information content (AvgIpc) is 2.58. The fourth-order valence-corrected chi connectivity index (χ4v) is 3.33. The summed E-state index contributed by atoms with van der Waals surface area (Å²) in [5, 5.41) is 0.957. The molecule has 0 spiro atoms. The number of benzene rings is 1. The number of ether oxygens (including phenoxy) is 1. The lowest BCUT2D eigenvalue weighted by atomic mass is 10.0. The highest BCUT2D eigenvalue weighted by molar-refractivity contribution is 6.31. The SMILES string of the molecule is CCOC(=O)[C@@H]1CCCCN1Cc1coc2ccc(Cl)cc2c1=O. The number of esters is 1. The zero-order valence-electron chi connectivity index (χ0n) is 13.6. The van der Waals surface area contributed by atoms with Crippen LogP contribution < -0.4 is 5.43 Å². The minimum absolute atomic E-state index is 0.105. The largest absolute Gasteiger partial charge is 0.465 e. The van der Waals surface area contributed by atoms with Crippen LogP contribution in [0.5, 0.6) is 0 Å². The van der Waals surface area contributed by atoms with Crippen molar-refractivity contribution in [3.05, 3.63) is 45.3 Å². The fourth-order valence-electron chi connectivity index (χ4n) is 3.16. The molecular formula is C18H20ClNO4. The van der Waals surface area contributed by atoms with Gasteiger partial charge in [-0.15, -0.1) is 0 Å². The molecule has 6 heteroatoms. The lowest BCUT2D eigenvalue weighted by Crippen LogP contribution is -2.45. The maximum atomic E-state index is 12.7. The van der Waals surface area contributed by atoms with Gasteiger partial charge in [-0.2, -0.15) is 0 Å². The fraction of sp³-hybridized carbons (Fsp3) is 0.444. The highest BCUT2D eigenvalue weighted by Gasteiger charge is 2.30. The third-order valence-electron chi connectivity index (χ3n) is 4.35. The van der Waals surface area contributed by atoms with Crippen molar-refractivity contribution in [2.75, 3.05) is 13.2 Å². The number of carbonyl (C=O) groups excluding carboxylic acids is 1. The first kappa shape index (κ1) is 17.0. The van der Waals surface area contributed by atoms with Crippen molar-refractivity contribution in [3.8, 4) is 0 Å². The van der Waals surface area contributed by atoms with E-state index in [-0.39, 0.29) is 17.4 Å². The Morgan fingerprint density at radius 3 is 3.04 bits per heavy atom. The first-order chi connectivity index (χ1) is 11.6. The topological polar surface area (TPSA) is 59.8 Å². The van der Waals surface area contributed by atoms with Crippen LogP contribution in [0.4, 0.5) is 0 Å². The van der Waals surface area contributed by atoms with Crippen LogP contribution in [0.25, 0.3) is 11.0 Å². The zero-order chi connectivity index (χ0) is 17.1. The first-order valence-electron chi connectivity index (χ1n) is 8.20. The number of piperidine rings is 1. The number of hydrogen-bond acceptors (Lipinski definition) is 5. The predicted molar refractivity (Wildman–Crippen MR) is 92.2 cm³/mol. The Morgan fingerprint density at radius 2 is 2.25 bits per heavy atom.